The summed E-state index contributed by atoms with van der Waals surface area (Å²) in [5.41, 5.74) is -1.06. The zero-order chi connectivity index (χ0) is 43.4. The van der Waals surface area contributed by atoms with E-state index in [0.29, 0.717) is 58.6 Å². The molecule has 2 aliphatic rings. The van der Waals surface area contributed by atoms with Crippen molar-refractivity contribution in [1.82, 2.24) is 0 Å². The maximum Gasteiger partial charge on any atom is 0.501 e. The van der Waals surface area contributed by atoms with Gasteiger partial charge in [0.05, 0.1) is 15.5 Å². The summed E-state index contributed by atoms with van der Waals surface area (Å²) >= 11 is 14.6. The number of fused-ring (bicyclic) bond motifs is 2. The third-order valence-electron chi connectivity index (χ3n) is 9.19. The first-order valence-corrected chi connectivity index (χ1v) is 21.0. The predicted molar refractivity (Wildman–Crippen MR) is 220 cm³/mol. The van der Waals surface area contributed by atoms with Crippen LogP contribution in [0.1, 0.15) is 51.6 Å². The summed E-state index contributed by atoms with van der Waals surface area (Å²) in [6, 6.07) is 28.9. The topological polar surface area (TPSA) is 99.1 Å². The number of carbonyl (C=O) groups excluding carboxylic acids is 1. The molecule has 1 N–H and O–H groups in total. The summed E-state index contributed by atoms with van der Waals surface area (Å²) < 4.78 is 104. The van der Waals surface area contributed by atoms with Crippen LogP contribution in [0.5, 0.6) is 34.5 Å². The number of hydrogen-bond acceptors (Lipinski definition) is 7. The Labute approximate surface area is 360 Å². The average molecular weight is 951 g/mol. The van der Waals surface area contributed by atoms with E-state index >= 15 is 0 Å². The van der Waals surface area contributed by atoms with Gasteiger partial charge >= 0.3 is 5.51 Å². The molecule has 60 heavy (non-hydrogen) atoms. The number of hydrogen-bond donors (Lipinski definition) is 1. The number of aryl methyl sites for hydroxylation is 1. The Morgan fingerprint density at radius 3 is 1.85 bits per heavy atom. The Hall–Kier alpha value is -4.99. The lowest BCUT2D eigenvalue weighted by molar-refractivity contribution is -0.0436. The highest BCUT2D eigenvalue weighted by molar-refractivity contribution is 9.10. The molecule has 312 valence electrons. The zero-order valence-corrected chi connectivity index (χ0v) is 35.1. The fourth-order valence-electron chi connectivity index (χ4n) is 6.33. The van der Waals surface area contributed by atoms with Gasteiger partial charge in [0.15, 0.2) is 5.78 Å². The van der Waals surface area contributed by atoms with Gasteiger partial charge in [-0.1, -0.05) is 65.7 Å². The molecule has 16 heteroatoms. The molecule has 1 atom stereocenters. The number of sulfone groups is 1. The van der Waals surface area contributed by atoms with Gasteiger partial charge in [0.25, 0.3) is 9.84 Å². The maximum atomic E-state index is 13.3. The monoisotopic (exact) mass is 948 g/mol. The van der Waals surface area contributed by atoms with Gasteiger partial charge in [-0.05, 0) is 114 Å². The van der Waals surface area contributed by atoms with Crippen LogP contribution in [0.15, 0.2) is 125 Å². The number of aliphatic hydroxyl groups is 1. The van der Waals surface area contributed by atoms with Crippen molar-refractivity contribution in [1.29, 1.82) is 0 Å². The molecule has 0 aliphatic heterocycles. The molecule has 0 radical (unpaired) electrons. The van der Waals surface area contributed by atoms with Crippen molar-refractivity contribution in [2.45, 2.75) is 49.1 Å². The molecule has 0 saturated carbocycles. The molecule has 0 saturated heterocycles. The molecule has 6 aromatic rings. The molecular weight excluding hydrogens is 918 g/mol. The van der Waals surface area contributed by atoms with Crippen molar-refractivity contribution in [3.8, 4) is 34.5 Å². The Balaban J connectivity index is 0.000000151. The number of para-hydroxylation sites is 1. The van der Waals surface area contributed by atoms with E-state index in [1.54, 1.807) is 42.5 Å². The number of carbonyl (C=O) groups is 1. The number of halogens is 8. The van der Waals surface area contributed by atoms with Crippen molar-refractivity contribution in [3.05, 3.63) is 169 Å². The maximum absolute atomic E-state index is 13.3. The van der Waals surface area contributed by atoms with Gasteiger partial charge in [0.1, 0.15) is 46.1 Å². The highest BCUT2D eigenvalue weighted by Crippen LogP contribution is 2.40. The average Bonchev–Trinajstić information content (AvgIpc) is 3.75. The van der Waals surface area contributed by atoms with Crippen LogP contribution < -0.4 is 14.2 Å². The van der Waals surface area contributed by atoms with Crippen LogP contribution in [0.2, 0.25) is 10.0 Å². The summed E-state index contributed by atoms with van der Waals surface area (Å²) in [4.78, 5) is 10.8. The summed E-state index contributed by atoms with van der Waals surface area (Å²) in [5, 5.41) is 10.4. The lowest BCUT2D eigenvalue weighted by Crippen LogP contribution is -2.23. The van der Waals surface area contributed by atoms with Gasteiger partial charge < -0.3 is 19.3 Å². The van der Waals surface area contributed by atoms with Crippen LogP contribution in [0.4, 0.5) is 22.0 Å². The van der Waals surface area contributed by atoms with Crippen molar-refractivity contribution >= 4 is 54.8 Å². The second kappa shape index (κ2) is 18.7. The van der Waals surface area contributed by atoms with E-state index in [2.05, 4.69) is 15.9 Å². The largest absolute Gasteiger partial charge is 0.501 e. The molecule has 6 aromatic carbocycles. The first-order chi connectivity index (χ1) is 28.4. The molecule has 0 spiro atoms. The summed E-state index contributed by atoms with van der Waals surface area (Å²) in [7, 11) is -5.38. The van der Waals surface area contributed by atoms with Crippen LogP contribution in [-0.2, 0) is 22.7 Å². The predicted octanol–water partition coefficient (Wildman–Crippen LogP) is 13.5. The first-order valence-electron chi connectivity index (χ1n) is 18.0. The number of ketones is 1. The van der Waals surface area contributed by atoms with E-state index in [9.17, 15) is 40.3 Å². The standard InChI is InChI=1S/C15H12ClFO2.C15H10ClFO2.C14H10BrF3O3S/c2*16-9-6-10(17)8-11(7-9)19-15-3-1-2-12-13(15)4-5-14(12)18;1-9-4-2-3-5-12(9)21-13-7-6-10(8-11(13)15)22(19,20)14(16,17)18/h1-3,6-8,14,18H,4-5H2;1-3,6-8H,4-5H2;2-8H,1H3. The van der Waals surface area contributed by atoms with Crippen LogP contribution >= 0.6 is 39.1 Å². The van der Waals surface area contributed by atoms with E-state index in [0.717, 1.165) is 40.8 Å². The zero-order valence-electron chi connectivity index (χ0n) is 31.2. The number of ether oxygens (including phenoxy) is 3. The van der Waals surface area contributed by atoms with Crippen molar-refractivity contribution in [2.24, 2.45) is 0 Å². The second-order valence-corrected chi connectivity index (χ2v) is 17.1. The third-order valence-corrected chi connectivity index (χ3v) is 11.7. The molecule has 0 fully saturated rings. The Morgan fingerprint density at radius 1 is 0.683 bits per heavy atom. The highest BCUT2D eigenvalue weighted by atomic mass is 79.9. The molecule has 0 amide bonds. The highest BCUT2D eigenvalue weighted by Gasteiger charge is 2.47. The Kier molecular flexibility index (Phi) is 13.9. The minimum Gasteiger partial charge on any atom is -0.457 e. The van der Waals surface area contributed by atoms with Crippen LogP contribution in [-0.4, -0.2) is 24.8 Å². The quantitative estimate of drug-likeness (QED) is 0.159. The van der Waals surface area contributed by atoms with Gasteiger partial charge in [0.2, 0.25) is 0 Å². The molecule has 2 aliphatic carbocycles. The van der Waals surface area contributed by atoms with Crippen LogP contribution in [0, 0.1) is 18.6 Å². The molecule has 0 bridgehead atoms. The van der Waals surface area contributed by atoms with Gasteiger partial charge in [0, 0.05) is 45.3 Å². The number of rotatable bonds is 7. The summed E-state index contributed by atoms with van der Waals surface area (Å²) in [5.74, 6) is 1.90. The minimum atomic E-state index is -5.38. The van der Waals surface area contributed by atoms with Gasteiger partial charge in [-0.15, -0.1) is 0 Å². The van der Waals surface area contributed by atoms with E-state index in [1.165, 1.54) is 30.3 Å². The smallest absolute Gasteiger partial charge is 0.457 e. The van der Waals surface area contributed by atoms with Gasteiger partial charge in [-0.3, -0.25) is 4.79 Å². The van der Waals surface area contributed by atoms with Crippen LogP contribution in [0.25, 0.3) is 0 Å². The Bertz CT molecular complexity index is 2640. The second-order valence-electron chi connectivity index (χ2n) is 13.4. The fraction of sp³-hybridized carbons (Fsp3) is 0.159. The molecule has 0 aromatic heterocycles. The lowest BCUT2D eigenvalue weighted by atomic mass is 10.1. The minimum absolute atomic E-state index is 0.112. The van der Waals surface area contributed by atoms with Crippen LogP contribution in [0.3, 0.4) is 0 Å². The van der Waals surface area contributed by atoms with E-state index in [-0.39, 0.29) is 21.0 Å². The Morgan fingerprint density at radius 2 is 1.27 bits per heavy atom. The number of alkyl halides is 3. The first kappa shape index (κ1) is 44.6. The van der Waals surface area contributed by atoms with Gasteiger partial charge in [-0.2, -0.15) is 13.2 Å². The van der Waals surface area contributed by atoms with Crippen molar-refractivity contribution < 1.29 is 54.5 Å². The molecule has 1 unspecified atom stereocenters. The SMILES string of the molecule is Cc1ccccc1Oc1ccc(S(=O)(=O)C(F)(F)F)cc1Br.O=C1CCc2c(Oc3cc(F)cc(Cl)c3)cccc21.OC1CCc2c(Oc3cc(F)cc(Cl)c3)cccc21. The third kappa shape index (κ3) is 10.7. The normalized spacial score (nSPS) is 14.2. The molecule has 8 rings (SSSR count). The van der Waals surface area contributed by atoms with E-state index in [4.69, 9.17) is 37.4 Å². The molecular formula is C44H32BrCl2F5O7S. The lowest BCUT2D eigenvalue weighted by Gasteiger charge is -2.12. The summed E-state index contributed by atoms with van der Waals surface area (Å²) in [6.07, 6.45) is 2.18. The number of aliphatic hydroxyl groups excluding tert-OH is 1. The fourth-order valence-corrected chi connectivity index (χ4v) is 8.15. The number of Topliss-reactive ketones (excluding diaryl/α,β-unsaturated/α-hetero) is 1. The van der Waals surface area contributed by atoms with Crippen molar-refractivity contribution in [2.75, 3.05) is 0 Å². The number of benzene rings is 6. The van der Waals surface area contributed by atoms with E-state index < -0.39 is 38.0 Å². The van der Waals surface area contributed by atoms with E-state index in [1.807, 2.05) is 37.3 Å². The van der Waals surface area contributed by atoms with Gasteiger partial charge in [-0.25, -0.2) is 17.2 Å². The van der Waals surface area contributed by atoms with Crippen molar-refractivity contribution in [3.63, 3.8) is 0 Å². The molecule has 7 nitrogen and oxygen atoms in total. The molecule has 0 heterocycles. The summed E-state index contributed by atoms with van der Waals surface area (Å²) in [6.45, 7) is 1.81.